The third-order valence-corrected chi connectivity index (χ3v) is 2.21. The zero-order chi connectivity index (χ0) is 11.5. The fraction of sp³-hybridized carbons (Fsp3) is 0. The zero-order valence-electron chi connectivity index (χ0n) is 8.08. The molecule has 0 unspecified atom stereocenters. The first-order chi connectivity index (χ1) is 7.74. The summed E-state index contributed by atoms with van der Waals surface area (Å²) in [4.78, 5) is 10.3. The molecule has 0 bridgehead atoms. The first-order valence-corrected chi connectivity index (χ1v) is 4.46. The molecule has 0 N–H and O–H groups in total. The summed E-state index contributed by atoms with van der Waals surface area (Å²) in [6, 6.07) is 9.48. The number of ether oxygens (including phenoxy) is 1. The van der Waals surface area contributed by atoms with E-state index in [0.29, 0.717) is 16.5 Å². The second-order valence-corrected chi connectivity index (χ2v) is 3.08. The van der Waals surface area contributed by atoms with Crippen molar-refractivity contribution in [1.29, 1.82) is 5.26 Å². The minimum absolute atomic E-state index is 0.000824. The summed E-state index contributed by atoms with van der Waals surface area (Å²) < 4.78 is 4.74. The summed E-state index contributed by atoms with van der Waals surface area (Å²) in [5.74, 6) is 0.323. The van der Waals surface area contributed by atoms with Crippen molar-refractivity contribution in [1.82, 2.24) is 0 Å². The van der Waals surface area contributed by atoms with E-state index in [2.05, 4.69) is 0 Å². The minimum Gasteiger partial charge on any atom is -0.387 e. The molecular formula is C11H6N2O3. The molecule has 78 valence electrons. The van der Waals surface area contributed by atoms with Crippen molar-refractivity contribution in [3.63, 3.8) is 0 Å². The standard InChI is InChI=1S/C11H6N2O3/c12-7-16-11-6-5-10(13(14)15)8-3-1-2-4-9(8)11/h1-6H. The van der Waals surface area contributed by atoms with Crippen LogP contribution in [0.1, 0.15) is 0 Å². The van der Waals surface area contributed by atoms with Gasteiger partial charge in [-0.3, -0.25) is 10.1 Å². The van der Waals surface area contributed by atoms with Gasteiger partial charge in [-0.2, -0.15) is 0 Å². The molecule has 16 heavy (non-hydrogen) atoms. The maximum Gasteiger partial charge on any atom is 0.292 e. The molecule has 0 aliphatic heterocycles. The van der Waals surface area contributed by atoms with Gasteiger partial charge in [0.15, 0.2) is 5.75 Å². The van der Waals surface area contributed by atoms with Crippen LogP contribution in [0.3, 0.4) is 0 Å². The molecule has 0 heterocycles. The van der Waals surface area contributed by atoms with Crippen LogP contribution in [-0.2, 0) is 0 Å². The highest BCUT2D eigenvalue weighted by atomic mass is 16.6. The van der Waals surface area contributed by atoms with Crippen LogP contribution in [0.4, 0.5) is 5.69 Å². The Labute approximate surface area is 90.6 Å². The van der Waals surface area contributed by atoms with E-state index >= 15 is 0 Å². The highest BCUT2D eigenvalue weighted by Crippen LogP contribution is 2.32. The average molecular weight is 214 g/mol. The van der Waals surface area contributed by atoms with Crippen LogP contribution in [0.2, 0.25) is 0 Å². The van der Waals surface area contributed by atoms with Crippen LogP contribution < -0.4 is 4.74 Å². The van der Waals surface area contributed by atoms with Crippen LogP contribution in [0.5, 0.6) is 5.75 Å². The van der Waals surface area contributed by atoms with Crippen LogP contribution in [0.25, 0.3) is 10.8 Å². The largest absolute Gasteiger partial charge is 0.387 e. The number of hydrogen-bond acceptors (Lipinski definition) is 4. The normalized spacial score (nSPS) is 9.69. The lowest BCUT2D eigenvalue weighted by Gasteiger charge is -2.03. The van der Waals surface area contributed by atoms with Crippen LogP contribution >= 0.6 is 0 Å². The number of benzene rings is 2. The Balaban J connectivity index is 2.78. The Morgan fingerprint density at radius 3 is 2.50 bits per heavy atom. The number of hydrogen-bond donors (Lipinski definition) is 0. The summed E-state index contributed by atoms with van der Waals surface area (Å²) >= 11 is 0. The van der Waals surface area contributed by atoms with Crippen molar-refractivity contribution in [3.8, 4) is 12.0 Å². The van der Waals surface area contributed by atoms with Gasteiger partial charge in [-0.05, 0) is 12.1 Å². The summed E-state index contributed by atoms with van der Waals surface area (Å²) in [6.45, 7) is 0. The Morgan fingerprint density at radius 1 is 1.19 bits per heavy atom. The Morgan fingerprint density at radius 2 is 1.88 bits per heavy atom. The van der Waals surface area contributed by atoms with Gasteiger partial charge in [-0.25, -0.2) is 0 Å². The van der Waals surface area contributed by atoms with E-state index in [0.717, 1.165) is 0 Å². The minimum atomic E-state index is -0.460. The van der Waals surface area contributed by atoms with Gasteiger partial charge in [0.05, 0.1) is 10.3 Å². The van der Waals surface area contributed by atoms with Crippen molar-refractivity contribution < 1.29 is 9.66 Å². The molecular weight excluding hydrogens is 208 g/mol. The summed E-state index contributed by atoms with van der Waals surface area (Å²) in [5.41, 5.74) is 0.000824. The molecule has 0 saturated carbocycles. The van der Waals surface area contributed by atoms with E-state index in [9.17, 15) is 10.1 Å². The molecule has 0 spiro atoms. The lowest BCUT2D eigenvalue weighted by molar-refractivity contribution is -0.383. The molecule has 0 aliphatic carbocycles. The Kier molecular flexibility index (Phi) is 2.40. The van der Waals surface area contributed by atoms with Crippen molar-refractivity contribution >= 4 is 16.5 Å². The fourth-order valence-corrected chi connectivity index (χ4v) is 1.55. The molecule has 0 fully saturated rings. The van der Waals surface area contributed by atoms with E-state index in [4.69, 9.17) is 10.00 Å². The first kappa shape index (κ1) is 9.93. The molecule has 5 nitrogen and oxygen atoms in total. The van der Waals surface area contributed by atoms with E-state index in [1.165, 1.54) is 12.1 Å². The number of nitrogens with zero attached hydrogens (tertiary/aromatic N) is 2. The second kappa shape index (κ2) is 3.87. The molecule has 0 aliphatic rings. The molecule has 0 atom stereocenters. The van der Waals surface area contributed by atoms with Gasteiger partial charge < -0.3 is 4.74 Å². The maximum atomic E-state index is 10.8. The monoisotopic (exact) mass is 214 g/mol. The first-order valence-electron chi connectivity index (χ1n) is 4.46. The predicted molar refractivity (Wildman–Crippen MR) is 56.8 cm³/mol. The summed E-state index contributed by atoms with van der Waals surface area (Å²) in [5, 5.41) is 20.2. The van der Waals surface area contributed by atoms with Gasteiger partial charge in [0.25, 0.3) is 11.9 Å². The van der Waals surface area contributed by atoms with Gasteiger partial charge in [0.1, 0.15) is 0 Å². The number of nitro benzene ring substituents is 1. The molecule has 2 aromatic carbocycles. The quantitative estimate of drug-likeness (QED) is 0.437. The van der Waals surface area contributed by atoms with Gasteiger partial charge in [0.2, 0.25) is 0 Å². The molecule has 0 radical (unpaired) electrons. The molecule has 2 rings (SSSR count). The van der Waals surface area contributed by atoms with Crippen molar-refractivity contribution in [2.75, 3.05) is 0 Å². The molecule has 5 heteroatoms. The summed E-state index contributed by atoms with van der Waals surface area (Å²) in [7, 11) is 0. The van der Waals surface area contributed by atoms with Gasteiger partial charge in [-0.1, -0.05) is 18.2 Å². The van der Waals surface area contributed by atoms with Crippen molar-refractivity contribution in [2.24, 2.45) is 0 Å². The molecule has 0 aromatic heterocycles. The number of fused-ring (bicyclic) bond motifs is 1. The topological polar surface area (TPSA) is 76.2 Å². The van der Waals surface area contributed by atoms with Crippen LogP contribution in [0, 0.1) is 21.6 Å². The van der Waals surface area contributed by atoms with Crippen molar-refractivity contribution in [2.45, 2.75) is 0 Å². The zero-order valence-corrected chi connectivity index (χ0v) is 8.08. The van der Waals surface area contributed by atoms with Crippen LogP contribution in [-0.4, -0.2) is 4.92 Å². The molecule has 0 saturated heterocycles. The highest BCUT2D eigenvalue weighted by Gasteiger charge is 2.14. The number of rotatable bonds is 2. The average Bonchev–Trinajstić information content (AvgIpc) is 2.29. The summed E-state index contributed by atoms with van der Waals surface area (Å²) in [6.07, 6.45) is 1.55. The fourth-order valence-electron chi connectivity index (χ4n) is 1.55. The van der Waals surface area contributed by atoms with Gasteiger partial charge >= 0.3 is 0 Å². The smallest absolute Gasteiger partial charge is 0.292 e. The van der Waals surface area contributed by atoms with E-state index in [1.807, 2.05) is 0 Å². The predicted octanol–water partition coefficient (Wildman–Crippen LogP) is 2.61. The molecule has 2 aromatic rings. The number of nitro groups is 1. The van der Waals surface area contributed by atoms with Gasteiger partial charge in [-0.15, -0.1) is 5.26 Å². The Hall–Kier alpha value is -2.61. The van der Waals surface area contributed by atoms with E-state index in [1.54, 1.807) is 30.5 Å². The number of non-ortho nitro benzene ring substituents is 1. The third kappa shape index (κ3) is 1.53. The maximum absolute atomic E-state index is 10.8. The third-order valence-electron chi connectivity index (χ3n) is 2.21. The SMILES string of the molecule is N#COc1ccc([N+](=O)[O-])c2ccccc12. The molecule has 0 amide bonds. The Bertz CT molecular complexity index is 602. The highest BCUT2D eigenvalue weighted by molar-refractivity contribution is 5.95. The van der Waals surface area contributed by atoms with Gasteiger partial charge in [0, 0.05) is 11.5 Å². The lowest BCUT2D eigenvalue weighted by atomic mass is 10.1. The lowest BCUT2D eigenvalue weighted by Crippen LogP contribution is -1.91. The van der Waals surface area contributed by atoms with E-state index < -0.39 is 4.92 Å². The van der Waals surface area contributed by atoms with Crippen LogP contribution in [0.15, 0.2) is 36.4 Å². The van der Waals surface area contributed by atoms with E-state index in [-0.39, 0.29) is 5.69 Å². The van der Waals surface area contributed by atoms with Crippen molar-refractivity contribution in [3.05, 3.63) is 46.5 Å². The second-order valence-electron chi connectivity index (χ2n) is 3.08. The number of nitriles is 1.